The Hall–Kier alpha value is -2.59. The fourth-order valence-electron chi connectivity index (χ4n) is 3.44. The van der Waals surface area contributed by atoms with E-state index in [4.69, 9.17) is 4.74 Å². The molecule has 0 amide bonds. The summed E-state index contributed by atoms with van der Waals surface area (Å²) in [4.78, 5) is 0. The molecule has 2 aliphatic rings. The number of hydrogen-bond donors (Lipinski definition) is 2. The summed E-state index contributed by atoms with van der Waals surface area (Å²) in [6.07, 6.45) is 1.89. The number of anilines is 1. The number of halogens is 4. The van der Waals surface area contributed by atoms with Crippen molar-refractivity contribution in [1.29, 1.82) is 0 Å². The van der Waals surface area contributed by atoms with Crippen molar-refractivity contribution in [2.45, 2.75) is 31.5 Å². The zero-order valence-electron chi connectivity index (χ0n) is 15.3. The van der Waals surface area contributed by atoms with Crippen molar-refractivity contribution >= 4 is 21.9 Å². The average Bonchev–Trinajstić information content (AvgIpc) is 2.98. The lowest BCUT2D eigenvalue weighted by Gasteiger charge is -2.30. The molecule has 2 aromatic rings. The minimum Gasteiger partial charge on any atom is -0.488 e. The van der Waals surface area contributed by atoms with Crippen molar-refractivity contribution < 1.29 is 35.2 Å². The van der Waals surface area contributed by atoms with Crippen LogP contribution in [0.5, 0.6) is 5.75 Å². The molecular weight excluding hydrogens is 414 g/mol. The fraction of sp³-hybridized carbons (Fsp3) is 0.263. The summed E-state index contributed by atoms with van der Waals surface area (Å²) in [5.74, 6) is -0.963. The van der Waals surface area contributed by atoms with Gasteiger partial charge in [0.15, 0.2) is 0 Å². The molecule has 0 spiro atoms. The molecule has 154 valence electrons. The average molecular weight is 430 g/mol. The Balaban J connectivity index is 1.86. The van der Waals surface area contributed by atoms with Gasteiger partial charge < -0.3 is 10.1 Å². The Bertz CT molecular complexity index is 1090. The van der Waals surface area contributed by atoms with Crippen LogP contribution in [-0.4, -0.2) is 15.6 Å². The highest BCUT2D eigenvalue weighted by Crippen LogP contribution is 2.47. The van der Waals surface area contributed by atoms with Crippen LogP contribution in [0.2, 0.25) is 0 Å². The molecule has 4 rings (SSSR count). The van der Waals surface area contributed by atoms with Crippen LogP contribution in [0.4, 0.5) is 23.2 Å². The zero-order valence-corrected chi connectivity index (χ0v) is 16.1. The third-order valence-electron chi connectivity index (χ3n) is 4.61. The van der Waals surface area contributed by atoms with Crippen LogP contribution in [0.1, 0.15) is 25.0 Å². The van der Waals surface area contributed by atoms with E-state index in [1.165, 1.54) is 6.07 Å². The minimum absolute atomic E-state index is 0.0462. The first-order valence-electron chi connectivity index (χ1n) is 8.50. The number of benzene rings is 2. The van der Waals surface area contributed by atoms with Crippen molar-refractivity contribution in [2.24, 2.45) is 0 Å². The number of alkyl halides is 3. The molecule has 1 atom stereocenters. The monoisotopic (exact) mass is 430 g/mol. The summed E-state index contributed by atoms with van der Waals surface area (Å²) < 4.78 is 83.1. The lowest BCUT2D eigenvalue weighted by Crippen LogP contribution is -2.34. The van der Waals surface area contributed by atoms with E-state index in [0.29, 0.717) is 23.0 Å². The van der Waals surface area contributed by atoms with Gasteiger partial charge in [-0.15, -0.1) is 17.7 Å². The van der Waals surface area contributed by atoms with E-state index >= 15 is 0 Å². The number of ether oxygens (including phenoxy) is 1. The Morgan fingerprint density at radius 3 is 2.59 bits per heavy atom. The Morgan fingerprint density at radius 1 is 1.21 bits per heavy atom. The Kier molecular flexibility index (Phi) is 4.22. The molecule has 2 heterocycles. The molecule has 29 heavy (non-hydrogen) atoms. The molecule has 2 aromatic carbocycles. The number of rotatable bonds is 3. The predicted octanol–water partition coefficient (Wildman–Crippen LogP) is 5.35. The van der Waals surface area contributed by atoms with Gasteiger partial charge in [-0.1, -0.05) is 6.07 Å². The number of hydrogen-bond acceptors (Lipinski definition) is 4. The molecule has 0 aliphatic carbocycles. The second kappa shape index (κ2) is 6.20. The highest BCUT2D eigenvalue weighted by molar-refractivity contribution is 7.94. The summed E-state index contributed by atoms with van der Waals surface area (Å²) in [5.41, 5.74) is -3.23. The maximum absolute atomic E-state index is 13.7. The second-order valence-corrected chi connectivity index (χ2v) is 8.88. The fourth-order valence-corrected chi connectivity index (χ4v) is 3.91. The molecule has 0 saturated carbocycles. The first-order chi connectivity index (χ1) is 13.4. The van der Waals surface area contributed by atoms with E-state index in [9.17, 15) is 26.3 Å². The van der Waals surface area contributed by atoms with Crippen molar-refractivity contribution in [2.75, 3.05) is 5.32 Å². The molecule has 0 saturated heterocycles. The molecule has 0 radical (unpaired) electrons. The highest BCUT2D eigenvalue weighted by atomic mass is 32.3. The van der Waals surface area contributed by atoms with E-state index in [1.54, 1.807) is 12.1 Å². The Morgan fingerprint density at radius 2 is 1.90 bits per heavy atom. The Labute approximate surface area is 164 Å². The molecular formula is C19H16F4NO4S+. The van der Waals surface area contributed by atoms with E-state index < -0.39 is 27.6 Å². The van der Waals surface area contributed by atoms with Gasteiger partial charge in [0.05, 0.1) is 5.54 Å². The first kappa shape index (κ1) is 19.7. The van der Waals surface area contributed by atoms with Gasteiger partial charge in [0.2, 0.25) is 5.75 Å². The van der Waals surface area contributed by atoms with E-state index in [0.717, 1.165) is 17.3 Å². The van der Waals surface area contributed by atoms with Crippen molar-refractivity contribution in [3.63, 3.8) is 0 Å². The van der Waals surface area contributed by atoms with Crippen LogP contribution in [0.15, 0.2) is 36.4 Å². The van der Waals surface area contributed by atoms with Crippen molar-refractivity contribution in [1.82, 2.24) is 0 Å². The third-order valence-corrected chi connectivity index (χ3v) is 5.60. The smallest absolute Gasteiger partial charge is 0.488 e. The van der Waals surface area contributed by atoms with Gasteiger partial charge in [-0.3, -0.25) is 0 Å². The van der Waals surface area contributed by atoms with Crippen LogP contribution >= 0.6 is 0 Å². The summed E-state index contributed by atoms with van der Waals surface area (Å²) in [5, 5.41) is 3.33. The van der Waals surface area contributed by atoms with Crippen LogP contribution in [0.3, 0.4) is 0 Å². The molecule has 0 fully saturated rings. The van der Waals surface area contributed by atoms with Gasteiger partial charge in [0.1, 0.15) is 18.2 Å². The summed E-state index contributed by atoms with van der Waals surface area (Å²) in [7, 11) is -5.71. The molecule has 2 aliphatic heterocycles. The van der Waals surface area contributed by atoms with Crippen LogP contribution in [0, 0.1) is 5.82 Å². The predicted molar refractivity (Wildman–Crippen MR) is 99.7 cm³/mol. The summed E-state index contributed by atoms with van der Waals surface area (Å²) in [6.45, 7) is 4.06. The van der Waals surface area contributed by atoms with Gasteiger partial charge in [-0.25, -0.2) is 8.57 Å². The molecule has 0 bridgehead atoms. The number of nitrogens with one attached hydrogen (secondary N) is 1. The van der Waals surface area contributed by atoms with E-state index in [1.807, 2.05) is 19.9 Å². The molecule has 0 aromatic heterocycles. The quantitative estimate of drug-likeness (QED) is 0.507. The standard InChI is InChI=1S/C19H15F4NO4S/c1-18(2)8-16-17-13(9-27-16)11(5-6-14(17)24-18)12-4-3-10(20)7-15(12)28-29(25,26)19(21,22)23/h3-8,24H,9H2,1-2H3/p+1. The van der Waals surface area contributed by atoms with Crippen LogP contribution in [0.25, 0.3) is 16.9 Å². The third kappa shape index (κ3) is 3.36. The largest absolute Gasteiger partial charge is 0.650 e. The second-order valence-electron chi connectivity index (χ2n) is 7.30. The lowest BCUT2D eigenvalue weighted by molar-refractivity contribution is -0.0577. The van der Waals surface area contributed by atoms with Gasteiger partial charge in [0.25, 0.3) is 0 Å². The topological polar surface area (TPSA) is 67.8 Å². The highest BCUT2D eigenvalue weighted by Gasteiger charge is 2.63. The molecule has 1 unspecified atom stereocenters. The van der Waals surface area contributed by atoms with E-state index in [2.05, 4.69) is 9.50 Å². The normalized spacial score (nSPS) is 18.8. The summed E-state index contributed by atoms with van der Waals surface area (Å²) in [6, 6.07) is 6.25. The van der Waals surface area contributed by atoms with Crippen LogP contribution in [-0.2, 0) is 26.0 Å². The first-order valence-corrected chi connectivity index (χ1v) is 9.94. The maximum Gasteiger partial charge on any atom is 0.650 e. The summed E-state index contributed by atoms with van der Waals surface area (Å²) >= 11 is 0. The van der Waals surface area contributed by atoms with Crippen molar-refractivity contribution in [3.05, 3.63) is 53.4 Å². The van der Waals surface area contributed by atoms with Gasteiger partial charge in [0, 0.05) is 28.4 Å². The zero-order chi connectivity index (χ0) is 21.2. The lowest BCUT2D eigenvalue weighted by atomic mass is 9.89. The van der Waals surface area contributed by atoms with Crippen LogP contribution < -0.4 is 9.50 Å². The van der Waals surface area contributed by atoms with E-state index in [-0.39, 0.29) is 17.7 Å². The maximum atomic E-state index is 13.7. The van der Waals surface area contributed by atoms with Gasteiger partial charge in [-0.2, -0.15) is 0 Å². The van der Waals surface area contributed by atoms with Gasteiger partial charge in [-0.05, 0) is 47.9 Å². The van der Waals surface area contributed by atoms with Gasteiger partial charge >= 0.3 is 16.0 Å². The molecule has 5 nitrogen and oxygen atoms in total. The van der Waals surface area contributed by atoms with Crippen molar-refractivity contribution in [3.8, 4) is 16.9 Å². The SMILES string of the molecule is CC1(C)C=C2OCc3c(-c4ccc(F)cc4O[S+](=O)(O)C(F)(F)F)ccc(c32)N1. The molecule has 10 heteroatoms. The minimum atomic E-state index is -5.71. The molecule has 2 N–H and O–H groups in total.